The fourth-order valence-electron chi connectivity index (χ4n) is 1.32. The molecule has 0 aliphatic heterocycles. The number of thioether (sulfide) groups is 1. The molecule has 2 nitrogen and oxygen atoms in total. The van der Waals surface area contributed by atoms with Gasteiger partial charge in [-0.15, -0.1) is 11.3 Å². The quantitative estimate of drug-likeness (QED) is 0.576. The molecule has 80 valence electrons. The van der Waals surface area contributed by atoms with Gasteiger partial charge in [0, 0.05) is 23.4 Å². The number of nitrogens with one attached hydrogen (secondary N) is 1. The molecule has 1 N–H and O–H groups in total. The zero-order valence-corrected chi connectivity index (χ0v) is 10.5. The van der Waals surface area contributed by atoms with Crippen LogP contribution in [0.4, 0.5) is 0 Å². The van der Waals surface area contributed by atoms with Crippen molar-refractivity contribution in [3.8, 4) is 0 Å². The van der Waals surface area contributed by atoms with Crippen LogP contribution in [0, 0.1) is 0 Å². The van der Waals surface area contributed by atoms with Gasteiger partial charge in [0.2, 0.25) is 0 Å². The summed E-state index contributed by atoms with van der Waals surface area (Å²) in [4.78, 5) is 4.24. The third kappa shape index (κ3) is 4.44. The zero-order chi connectivity index (χ0) is 10.2. The molecule has 0 aromatic carbocycles. The number of nitrogens with zero attached hydrogens (tertiary/aromatic N) is 1. The molecule has 14 heavy (non-hydrogen) atoms. The largest absolute Gasteiger partial charge is 0.317 e. The first-order valence-electron chi connectivity index (χ1n) is 5.06. The van der Waals surface area contributed by atoms with Crippen molar-refractivity contribution in [1.82, 2.24) is 10.3 Å². The van der Waals surface area contributed by atoms with Gasteiger partial charge in [-0.25, -0.2) is 4.98 Å². The number of hydrogen-bond donors (Lipinski definition) is 1. The first kappa shape index (κ1) is 12.0. The van der Waals surface area contributed by atoms with Gasteiger partial charge in [0.15, 0.2) is 0 Å². The molecule has 1 rings (SSSR count). The van der Waals surface area contributed by atoms with Gasteiger partial charge in [-0.3, -0.25) is 0 Å². The summed E-state index contributed by atoms with van der Waals surface area (Å²) in [6.07, 6.45) is 5.63. The molecule has 1 aromatic heterocycles. The summed E-state index contributed by atoms with van der Waals surface area (Å²) < 4.78 is 1.20. The summed E-state index contributed by atoms with van der Waals surface area (Å²) in [5.41, 5.74) is 0. The van der Waals surface area contributed by atoms with E-state index in [0.717, 1.165) is 0 Å². The van der Waals surface area contributed by atoms with Crippen LogP contribution in [0.15, 0.2) is 15.9 Å². The Balaban J connectivity index is 2.04. The summed E-state index contributed by atoms with van der Waals surface area (Å²) in [5, 5.41) is 5.36. The van der Waals surface area contributed by atoms with E-state index in [2.05, 4.69) is 17.2 Å². The van der Waals surface area contributed by atoms with E-state index in [1.165, 1.54) is 29.4 Å². The molecule has 1 heterocycles. The van der Waals surface area contributed by atoms with Gasteiger partial charge in [-0.2, -0.15) is 0 Å². The summed E-state index contributed by atoms with van der Waals surface area (Å²) in [5.74, 6) is 1.19. The number of rotatable bonds is 7. The van der Waals surface area contributed by atoms with Crippen LogP contribution < -0.4 is 5.32 Å². The highest BCUT2D eigenvalue weighted by Crippen LogP contribution is 2.21. The summed E-state index contributed by atoms with van der Waals surface area (Å²) >= 11 is 3.60. The van der Waals surface area contributed by atoms with Crippen molar-refractivity contribution in [3.63, 3.8) is 0 Å². The Morgan fingerprint density at radius 2 is 2.50 bits per heavy atom. The Labute approximate surface area is 94.5 Å². The standard InChI is InChI=1S/C10H18N2S2/c1-3-9(11-2)5-4-7-13-10-12-6-8-14-10/h6,8-9,11H,3-5,7H2,1-2H3. The van der Waals surface area contributed by atoms with E-state index in [1.807, 2.05) is 30.4 Å². The highest BCUT2D eigenvalue weighted by atomic mass is 32.2. The van der Waals surface area contributed by atoms with E-state index in [1.54, 1.807) is 11.3 Å². The number of thiazole rings is 1. The molecule has 1 unspecified atom stereocenters. The Morgan fingerprint density at radius 1 is 1.64 bits per heavy atom. The lowest BCUT2D eigenvalue weighted by atomic mass is 10.1. The van der Waals surface area contributed by atoms with Crippen molar-refractivity contribution in [3.05, 3.63) is 11.6 Å². The van der Waals surface area contributed by atoms with Gasteiger partial charge in [-0.05, 0) is 26.3 Å². The molecule has 0 spiro atoms. The van der Waals surface area contributed by atoms with E-state index < -0.39 is 0 Å². The molecule has 0 aliphatic carbocycles. The van der Waals surface area contributed by atoms with E-state index in [9.17, 15) is 0 Å². The first-order valence-corrected chi connectivity index (χ1v) is 6.93. The van der Waals surface area contributed by atoms with Gasteiger partial charge in [0.25, 0.3) is 0 Å². The summed E-state index contributed by atoms with van der Waals surface area (Å²) in [7, 11) is 2.04. The fourth-order valence-corrected chi connectivity index (χ4v) is 2.99. The Bertz CT molecular complexity index is 220. The van der Waals surface area contributed by atoms with Crippen molar-refractivity contribution in [2.45, 2.75) is 36.6 Å². The van der Waals surface area contributed by atoms with Crippen LogP contribution in [0.3, 0.4) is 0 Å². The lowest BCUT2D eigenvalue weighted by Gasteiger charge is -2.12. The van der Waals surface area contributed by atoms with Crippen LogP contribution in [-0.4, -0.2) is 23.8 Å². The van der Waals surface area contributed by atoms with Crippen molar-refractivity contribution in [2.24, 2.45) is 0 Å². The molecule has 0 fully saturated rings. The molecule has 0 radical (unpaired) electrons. The molecule has 0 bridgehead atoms. The van der Waals surface area contributed by atoms with Crippen LogP contribution >= 0.6 is 23.1 Å². The predicted molar refractivity (Wildman–Crippen MR) is 65.2 cm³/mol. The molecule has 0 saturated heterocycles. The van der Waals surface area contributed by atoms with Crippen molar-refractivity contribution in [1.29, 1.82) is 0 Å². The molecule has 1 atom stereocenters. The van der Waals surface area contributed by atoms with Gasteiger partial charge < -0.3 is 5.32 Å². The van der Waals surface area contributed by atoms with E-state index in [0.29, 0.717) is 6.04 Å². The summed E-state index contributed by atoms with van der Waals surface area (Å²) in [6.45, 7) is 2.23. The summed E-state index contributed by atoms with van der Waals surface area (Å²) in [6, 6.07) is 0.687. The highest BCUT2D eigenvalue weighted by Gasteiger charge is 2.02. The minimum absolute atomic E-state index is 0.687. The van der Waals surface area contributed by atoms with E-state index in [-0.39, 0.29) is 0 Å². The number of hydrogen-bond acceptors (Lipinski definition) is 4. The number of aromatic nitrogens is 1. The Hall–Kier alpha value is -0.0600. The molecule has 4 heteroatoms. The second kappa shape index (κ2) is 7.26. The lowest BCUT2D eigenvalue weighted by molar-refractivity contribution is 0.504. The molecular formula is C10H18N2S2. The van der Waals surface area contributed by atoms with Gasteiger partial charge >= 0.3 is 0 Å². The van der Waals surface area contributed by atoms with Crippen LogP contribution in [0.25, 0.3) is 0 Å². The highest BCUT2D eigenvalue weighted by molar-refractivity contribution is 8.00. The predicted octanol–water partition coefficient (Wildman–Crippen LogP) is 3.01. The second-order valence-corrected chi connectivity index (χ2v) is 5.42. The van der Waals surface area contributed by atoms with Crippen molar-refractivity contribution >= 4 is 23.1 Å². The van der Waals surface area contributed by atoms with E-state index in [4.69, 9.17) is 0 Å². The van der Waals surface area contributed by atoms with Crippen molar-refractivity contribution < 1.29 is 0 Å². The Morgan fingerprint density at radius 3 is 3.07 bits per heavy atom. The van der Waals surface area contributed by atoms with Crippen molar-refractivity contribution in [2.75, 3.05) is 12.8 Å². The topological polar surface area (TPSA) is 24.9 Å². The maximum Gasteiger partial charge on any atom is 0.149 e. The second-order valence-electron chi connectivity index (χ2n) is 3.18. The molecule has 0 saturated carbocycles. The van der Waals surface area contributed by atoms with Crippen LogP contribution in [0.5, 0.6) is 0 Å². The van der Waals surface area contributed by atoms with Crippen LogP contribution in [-0.2, 0) is 0 Å². The Kier molecular flexibility index (Phi) is 6.23. The fraction of sp³-hybridized carbons (Fsp3) is 0.700. The molecular weight excluding hydrogens is 212 g/mol. The van der Waals surface area contributed by atoms with Gasteiger partial charge in [0.05, 0.1) is 0 Å². The monoisotopic (exact) mass is 230 g/mol. The molecule has 0 amide bonds. The third-order valence-corrected chi connectivity index (χ3v) is 4.29. The zero-order valence-electron chi connectivity index (χ0n) is 8.82. The maximum atomic E-state index is 4.24. The lowest BCUT2D eigenvalue weighted by Crippen LogP contribution is -2.23. The normalized spacial score (nSPS) is 13.0. The maximum absolute atomic E-state index is 4.24. The molecule has 0 aliphatic rings. The molecule has 1 aromatic rings. The SMILES string of the molecule is CCC(CCCSc1nccs1)NC. The van der Waals surface area contributed by atoms with E-state index >= 15 is 0 Å². The van der Waals surface area contributed by atoms with Gasteiger partial charge in [0.1, 0.15) is 4.34 Å². The van der Waals surface area contributed by atoms with Crippen LogP contribution in [0.2, 0.25) is 0 Å². The third-order valence-electron chi connectivity index (χ3n) is 2.23. The average Bonchev–Trinajstić information content (AvgIpc) is 2.71. The first-order chi connectivity index (χ1) is 6.86. The smallest absolute Gasteiger partial charge is 0.149 e. The van der Waals surface area contributed by atoms with Crippen LogP contribution in [0.1, 0.15) is 26.2 Å². The average molecular weight is 230 g/mol. The minimum atomic E-state index is 0.687. The van der Waals surface area contributed by atoms with Gasteiger partial charge in [-0.1, -0.05) is 18.7 Å². The minimum Gasteiger partial charge on any atom is -0.317 e.